The third kappa shape index (κ3) is 5.64. The van der Waals surface area contributed by atoms with E-state index >= 15 is 0 Å². The summed E-state index contributed by atoms with van der Waals surface area (Å²) in [7, 11) is -3.43. The number of morpholine rings is 1. The molecule has 1 aliphatic heterocycles. The van der Waals surface area contributed by atoms with Crippen LogP contribution in [-0.4, -0.2) is 46.1 Å². The molecule has 6 heteroatoms. The van der Waals surface area contributed by atoms with Gasteiger partial charge in [-0.25, -0.2) is 13.1 Å². The van der Waals surface area contributed by atoms with Gasteiger partial charge in [-0.15, -0.1) is 0 Å². The molecule has 1 N–H and O–H groups in total. The molecule has 1 saturated heterocycles. The van der Waals surface area contributed by atoms with Crippen molar-refractivity contribution in [3.8, 4) is 0 Å². The van der Waals surface area contributed by atoms with E-state index in [1.807, 2.05) is 38.1 Å². The Hall–Kier alpha value is -1.73. The first-order valence-corrected chi connectivity index (χ1v) is 11.4. The van der Waals surface area contributed by atoms with Crippen LogP contribution in [0, 0.1) is 13.8 Å². The van der Waals surface area contributed by atoms with Crippen LogP contribution in [0.5, 0.6) is 0 Å². The van der Waals surface area contributed by atoms with E-state index < -0.39 is 10.0 Å². The summed E-state index contributed by atoms with van der Waals surface area (Å²) in [6.45, 7) is 7.88. The molecule has 3 rings (SSSR count). The van der Waals surface area contributed by atoms with Crippen molar-refractivity contribution < 1.29 is 13.2 Å². The van der Waals surface area contributed by atoms with Crippen molar-refractivity contribution in [3.05, 3.63) is 65.2 Å². The zero-order valence-corrected chi connectivity index (χ0v) is 17.5. The number of rotatable bonds is 8. The fraction of sp³-hybridized carbons (Fsp3) is 0.455. The van der Waals surface area contributed by atoms with Gasteiger partial charge >= 0.3 is 0 Å². The molecule has 0 amide bonds. The molecule has 0 radical (unpaired) electrons. The first kappa shape index (κ1) is 21.0. The number of benzene rings is 2. The summed E-state index contributed by atoms with van der Waals surface area (Å²) in [4.78, 5) is 2.74. The number of aryl methyl sites for hydroxylation is 2. The predicted octanol–water partition coefficient (Wildman–Crippen LogP) is 3.44. The van der Waals surface area contributed by atoms with Gasteiger partial charge < -0.3 is 4.74 Å². The molecular formula is C22H30N2O3S. The number of sulfonamides is 1. The summed E-state index contributed by atoms with van der Waals surface area (Å²) < 4.78 is 33.5. The van der Waals surface area contributed by atoms with Gasteiger partial charge in [-0.2, -0.15) is 0 Å². The fourth-order valence-electron chi connectivity index (χ4n) is 3.41. The quantitative estimate of drug-likeness (QED) is 0.687. The third-order valence-corrected chi connectivity index (χ3v) is 6.76. The lowest BCUT2D eigenvalue weighted by Gasteiger charge is -2.33. The monoisotopic (exact) mass is 402 g/mol. The maximum atomic E-state index is 12.4. The number of hydrogen-bond acceptors (Lipinski definition) is 4. The number of unbranched alkanes of at least 4 members (excludes halogenated alkanes) is 1. The van der Waals surface area contributed by atoms with Crippen LogP contribution in [0.1, 0.15) is 35.6 Å². The van der Waals surface area contributed by atoms with Crippen molar-refractivity contribution in [1.82, 2.24) is 9.62 Å². The average molecular weight is 403 g/mol. The standard InChI is InChI=1S/C22H30N2O3S/c1-18-10-11-21(16-19(18)2)28(25,26)23-12-6-7-13-24-14-15-27-22(17-24)20-8-4-3-5-9-20/h3-5,8-11,16,22-23H,6-7,12-15,17H2,1-2H3. The van der Waals surface area contributed by atoms with Crippen LogP contribution >= 0.6 is 0 Å². The Morgan fingerprint density at radius 1 is 1.07 bits per heavy atom. The van der Waals surface area contributed by atoms with E-state index in [9.17, 15) is 8.42 Å². The first-order valence-electron chi connectivity index (χ1n) is 9.91. The summed E-state index contributed by atoms with van der Waals surface area (Å²) in [6.07, 6.45) is 1.90. The lowest BCUT2D eigenvalue weighted by atomic mass is 10.1. The van der Waals surface area contributed by atoms with E-state index in [0.29, 0.717) is 11.4 Å². The number of nitrogens with one attached hydrogen (secondary N) is 1. The normalized spacial score (nSPS) is 18.3. The van der Waals surface area contributed by atoms with Crippen LogP contribution in [0.3, 0.4) is 0 Å². The van der Waals surface area contributed by atoms with E-state index in [4.69, 9.17) is 4.74 Å². The van der Waals surface area contributed by atoms with Crippen molar-refractivity contribution in [3.63, 3.8) is 0 Å². The molecule has 0 spiro atoms. The Kier molecular flexibility index (Phi) is 7.24. The Balaban J connectivity index is 1.41. The highest BCUT2D eigenvalue weighted by molar-refractivity contribution is 7.89. The molecule has 0 aliphatic carbocycles. The Labute approximate surface area is 168 Å². The van der Waals surface area contributed by atoms with Crippen LogP contribution in [0.15, 0.2) is 53.4 Å². The summed E-state index contributed by atoms with van der Waals surface area (Å²) in [5.74, 6) is 0. The minimum atomic E-state index is -3.43. The molecule has 2 aromatic rings. The second-order valence-electron chi connectivity index (χ2n) is 7.42. The Morgan fingerprint density at radius 3 is 2.61 bits per heavy atom. The molecule has 1 unspecified atom stereocenters. The first-order chi connectivity index (χ1) is 13.5. The Bertz CT molecular complexity index is 869. The maximum Gasteiger partial charge on any atom is 0.240 e. The lowest BCUT2D eigenvalue weighted by molar-refractivity contribution is -0.0303. The van der Waals surface area contributed by atoms with E-state index in [-0.39, 0.29) is 6.10 Å². The number of ether oxygens (including phenoxy) is 1. The van der Waals surface area contributed by atoms with Crippen molar-refractivity contribution in [2.24, 2.45) is 0 Å². The molecule has 2 aromatic carbocycles. The summed E-state index contributed by atoms with van der Waals surface area (Å²) in [5.41, 5.74) is 3.30. The van der Waals surface area contributed by atoms with Crippen molar-refractivity contribution in [2.75, 3.05) is 32.8 Å². The molecule has 0 aromatic heterocycles. The summed E-state index contributed by atoms with van der Waals surface area (Å²) in [5, 5.41) is 0. The largest absolute Gasteiger partial charge is 0.371 e. The van der Waals surface area contributed by atoms with Gasteiger partial charge in [-0.3, -0.25) is 4.90 Å². The van der Waals surface area contributed by atoms with Crippen LogP contribution in [0.2, 0.25) is 0 Å². The van der Waals surface area contributed by atoms with Gasteiger partial charge in [0.05, 0.1) is 17.6 Å². The molecule has 1 heterocycles. The molecule has 1 aliphatic rings. The molecule has 1 atom stereocenters. The molecule has 5 nitrogen and oxygen atoms in total. The molecular weight excluding hydrogens is 372 g/mol. The minimum Gasteiger partial charge on any atom is -0.371 e. The second-order valence-corrected chi connectivity index (χ2v) is 9.19. The molecule has 0 bridgehead atoms. The summed E-state index contributed by atoms with van der Waals surface area (Å²) >= 11 is 0. The average Bonchev–Trinajstić information content (AvgIpc) is 2.70. The van der Waals surface area contributed by atoms with Gasteiger partial charge in [0, 0.05) is 19.6 Å². The SMILES string of the molecule is Cc1ccc(S(=O)(=O)NCCCCN2CCOC(c3ccccc3)C2)cc1C. The minimum absolute atomic E-state index is 0.123. The van der Waals surface area contributed by atoms with Gasteiger partial charge in [0.15, 0.2) is 0 Å². The van der Waals surface area contributed by atoms with Gasteiger partial charge in [-0.1, -0.05) is 36.4 Å². The third-order valence-electron chi connectivity index (χ3n) is 5.30. The molecule has 152 valence electrons. The van der Waals surface area contributed by atoms with E-state index in [2.05, 4.69) is 21.8 Å². The van der Waals surface area contributed by atoms with Crippen molar-refractivity contribution in [1.29, 1.82) is 0 Å². The van der Waals surface area contributed by atoms with E-state index in [1.165, 1.54) is 5.56 Å². The zero-order valence-electron chi connectivity index (χ0n) is 16.7. The maximum absolute atomic E-state index is 12.4. The van der Waals surface area contributed by atoms with Crippen molar-refractivity contribution in [2.45, 2.75) is 37.7 Å². The summed E-state index contributed by atoms with van der Waals surface area (Å²) in [6, 6.07) is 15.6. The lowest BCUT2D eigenvalue weighted by Crippen LogP contribution is -2.39. The molecule has 0 saturated carbocycles. The van der Waals surface area contributed by atoms with Crippen LogP contribution < -0.4 is 4.72 Å². The van der Waals surface area contributed by atoms with Gasteiger partial charge in [-0.05, 0) is 62.1 Å². The smallest absolute Gasteiger partial charge is 0.240 e. The highest BCUT2D eigenvalue weighted by Gasteiger charge is 2.21. The van der Waals surface area contributed by atoms with Crippen LogP contribution in [0.25, 0.3) is 0 Å². The molecule has 1 fully saturated rings. The van der Waals surface area contributed by atoms with Gasteiger partial charge in [0.1, 0.15) is 0 Å². The van der Waals surface area contributed by atoms with Gasteiger partial charge in [0.2, 0.25) is 10.0 Å². The van der Waals surface area contributed by atoms with Gasteiger partial charge in [0.25, 0.3) is 0 Å². The van der Waals surface area contributed by atoms with E-state index in [0.717, 1.165) is 50.2 Å². The Morgan fingerprint density at radius 2 is 1.86 bits per heavy atom. The topological polar surface area (TPSA) is 58.6 Å². The second kappa shape index (κ2) is 9.65. The van der Waals surface area contributed by atoms with Crippen molar-refractivity contribution >= 4 is 10.0 Å². The highest BCUT2D eigenvalue weighted by Crippen LogP contribution is 2.22. The predicted molar refractivity (Wildman–Crippen MR) is 112 cm³/mol. The van der Waals surface area contributed by atoms with Crippen LogP contribution in [0.4, 0.5) is 0 Å². The fourth-order valence-corrected chi connectivity index (χ4v) is 4.57. The zero-order chi connectivity index (χ0) is 20.0. The van der Waals surface area contributed by atoms with Crippen LogP contribution in [-0.2, 0) is 14.8 Å². The highest BCUT2D eigenvalue weighted by atomic mass is 32.2. The number of nitrogens with zero attached hydrogens (tertiary/aromatic N) is 1. The van der Waals surface area contributed by atoms with E-state index in [1.54, 1.807) is 12.1 Å². The molecule has 28 heavy (non-hydrogen) atoms. The number of hydrogen-bond donors (Lipinski definition) is 1.